The summed E-state index contributed by atoms with van der Waals surface area (Å²) in [6, 6.07) is 8.02. The molecule has 4 atom stereocenters. The molecule has 0 radical (unpaired) electrons. The minimum Gasteiger partial charge on any atom is -0.481 e. The molecule has 1 saturated carbocycles. The van der Waals surface area contributed by atoms with Gasteiger partial charge in [-0.1, -0.05) is 13.0 Å². The smallest absolute Gasteiger partial charge is 0.306 e. The summed E-state index contributed by atoms with van der Waals surface area (Å²) in [6.07, 6.45) is 5.47. The highest BCUT2D eigenvalue weighted by Gasteiger charge is 2.42. The van der Waals surface area contributed by atoms with E-state index in [-0.39, 0.29) is 17.8 Å². The van der Waals surface area contributed by atoms with Gasteiger partial charge in [0.1, 0.15) is 10.6 Å². The van der Waals surface area contributed by atoms with Crippen molar-refractivity contribution in [3.05, 3.63) is 52.9 Å². The fourth-order valence-corrected chi connectivity index (χ4v) is 5.75. The summed E-state index contributed by atoms with van der Waals surface area (Å²) in [6.45, 7) is 7.74. The Kier molecular flexibility index (Phi) is 6.50. The van der Waals surface area contributed by atoms with Gasteiger partial charge in [0.2, 0.25) is 5.95 Å². The molecule has 174 valence electrons. The molecule has 8 heteroatoms. The van der Waals surface area contributed by atoms with Crippen molar-refractivity contribution in [3.8, 4) is 10.4 Å². The van der Waals surface area contributed by atoms with E-state index >= 15 is 0 Å². The molecule has 2 aromatic heterocycles. The number of hydrogen-bond donors (Lipinski definition) is 3. The van der Waals surface area contributed by atoms with Crippen molar-refractivity contribution in [2.24, 2.45) is 17.8 Å². The SMILES string of the molecule is Cc1cc(Nc2nccc(C)n2)cc(-c2cnc([C@](C)(O)[C@H]3CC[C@H](C(=O)O)[C@H](C)C3)s2)c1. The van der Waals surface area contributed by atoms with Crippen molar-refractivity contribution in [2.45, 2.75) is 52.6 Å². The lowest BCUT2D eigenvalue weighted by Gasteiger charge is -2.39. The number of thiazole rings is 1. The average molecular weight is 467 g/mol. The summed E-state index contributed by atoms with van der Waals surface area (Å²) < 4.78 is 0. The molecule has 3 aromatic rings. The molecule has 3 N–H and O–H groups in total. The van der Waals surface area contributed by atoms with Crippen LogP contribution in [-0.4, -0.2) is 31.1 Å². The van der Waals surface area contributed by atoms with Crippen LogP contribution in [0.15, 0.2) is 36.7 Å². The number of carboxylic acids is 1. The maximum atomic E-state index is 11.5. The predicted octanol–water partition coefficient (Wildman–Crippen LogP) is 5.31. The number of anilines is 2. The predicted molar refractivity (Wildman–Crippen MR) is 130 cm³/mol. The van der Waals surface area contributed by atoms with E-state index in [0.717, 1.165) is 27.4 Å². The zero-order valence-electron chi connectivity index (χ0n) is 19.4. The van der Waals surface area contributed by atoms with Crippen molar-refractivity contribution >= 4 is 28.9 Å². The number of hydrogen-bond acceptors (Lipinski definition) is 7. The Hall–Kier alpha value is -2.84. The van der Waals surface area contributed by atoms with Crippen LogP contribution in [0.5, 0.6) is 0 Å². The van der Waals surface area contributed by atoms with Crippen LogP contribution in [0.25, 0.3) is 10.4 Å². The topological polar surface area (TPSA) is 108 Å². The minimum absolute atomic E-state index is 0.0182. The van der Waals surface area contributed by atoms with Crippen LogP contribution in [0, 0.1) is 31.6 Å². The highest BCUT2D eigenvalue weighted by molar-refractivity contribution is 7.15. The van der Waals surface area contributed by atoms with E-state index in [0.29, 0.717) is 30.2 Å². The van der Waals surface area contributed by atoms with Crippen LogP contribution in [0.2, 0.25) is 0 Å². The van der Waals surface area contributed by atoms with Gasteiger partial charge in [-0.2, -0.15) is 0 Å². The molecule has 0 bridgehead atoms. The van der Waals surface area contributed by atoms with Crippen molar-refractivity contribution in [3.63, 3.8) is 0 Å². The number of aliphatic carboxylic acids is 1. The number of benzene rings is 1. The Morgan fingerprint density at radius 1 is 1.21 bits per heavy atom. The van der Waals surface area contributed by atoms with Gasteiger partial charge in [-0.05, 0) is 81.2 Å². The number of carboxylic acid groups (broad SMARTS) is 1. The molecular weight excluding hydrogens is 436 g/mol. The maximum absolute atomic E-state index is 11.5. The number of aromatic nitrogens is 3. The fraction of sp³-hybridized carbons (Fsp3) is 0.440. The summed E-state index contributed by atoms with van der Waals surface area (Å²) >= 11 is 1.48. The van der Waals surface area contributed by atoms with Crippen LogP contribution in [0.4, 0.5) is 11.6 Å². The third kappa shape index (κ3) is 5.07. The fourth-order valence-electron chi connectivity index (χ4n) is 4.73. The Labute approximate surface area is 198 Å². The highest BCUT2D eigenvalue weighted by Crippen LogP contribution is 2.45. The van der Waals surface area contributed by atoms with E-state index in [1.54, 1.807) is 6.20 Å². The van der Waals surface area contributed by atoms with Gasteiger partial charge in [-0.15, -0.1) is 11.3 Å². The molecule has 1 aromatic carbocycles. The third-order valence-electron chi connectivity index (χ3n) is 6.63. The Morgan fingerprint density at radius 3 is 2.70 bits per heavy atom. The second-order valence-corrected chi connectivity index (χ2v) is 10.4. The van der Waals surface area contributed by atoms with Gasteiger partial charge in [-0.25, -0.2) is 15.0 Å². The molecular formula is C25H30N4O3S. The summed E-state index contributed by atoms with van der Waals surface area (Å²) in [4.78, 5) is 25.7. The zero-order valence-corrected chi connectivity index (χ0v) is 20.2. The molecule has 0 saturated heterocycles. The molecule has 4 rings (SSSR count). The van der Waals surface area contributed by atoms with Gasteiger partial charge in [0.05, 0.1) is 10.8 Å². The summed E-state index contributed by atoms with van der Waals surface area (Å²) in [7, 11) is 0. The molecule has 2 heterocycles. The normalized spacial score (nSPS) is 22.5. The van der Waals surface area contributed by atoms with Gasteiger partial charge in [0.15, 0.2) is 0 Å². The first-order chi connectivity index (χ1) is 15.6. The molecule has 1 aliphatic carbocycles. The van der Waals surface area contributed by atoms with Gasteiger partial charge in [0, 0.05) is 23.8 Å². The standard InChI is InChI=1S/C25H30N4O3S/c1-14-9-17(12-19(10-14)29-24-26-8-7-16(3)28-24)21-13-27-23(33-21)25(4,32)18-5-6-20(22(30)31)15(2)11-18/h7-10,12-13,15,18,20,32H,5-6,11H2,1-4H3,(H,30,31)(H,26,28,29)/t15-,18+,20+,25-/m1/s1. The first-order valence-electron chi connectivity index (χ1n) is 11.2. The summed E-state index contributed by atoms with van der Waals surface area (Å²) in [5.41, 5.74) is 2.78. The number of nitrogens with one attached hydrogen (secondary N) is 1. The van der Waals surface area contributed by atoms with E-state index in [9.17, 15) is 15.0 Å². The Morgan fingerprint density at radius 2 is 2.00 bits per heavy atom. The van der Waals surface area contributed by atoms with Gasteiger partial charge in [-0.3, -0.25) is 4.79 Å². The second kappa shape index (κ2) is 9.19. The first kappa shape index (κ1) is 23.3. The van der Waals surface area contributed by atoms with Crippen LogP contribution in [0.1, 0.15) is 49.4 Å². The monoisotopic (exact) mass is 466 g/mol. The number of aliphatic hydroxyl groups is 1. The zero-order chi connectivity index (χ0) is 23.8. The summed E-state index contributed by atoms with van der Waals surface area (Å²) in [5.74, 6) is -0.515. The lowest BCUT2D eigenvalue weighted by molar-refractivity contribution is -0.146. The molecule has 33 heavy (non-hydrogen) atoms. The molecule has 1 aliphatic rings. The molecule has 0 aliphatic heterocycles. The van der Waals surface area contributed by atoms with Crippen LogP contribution in [-0.2, 0) is 10.4 Å². The molecule has 0 unspecified atom stereocenters. The van der Waals surface area contributed by atoms with Crippen molar-refractivity contribution in [1.29, 1.82) is 0 Å². The quantitative estimate of drug-likeness (QED) is 0.452. The van der Waals surface area contributed by atoms with E-state index in [1.165, 1.54) is 11.3 Å². The van der Waals surface area contributed by atoms with Crippen molar-refractivity contribution in [1.82, 2.24) is 15.0 Å². The van der Waals surface area contributed by atoms with E-state index in [1.807, 2.05) is 52.1 Å². The van der Waals surface area contributed by atoms with E-state index in [2.05, 4.69) is 26.3 Å². The molecule has 7 nitrogen and oxygen atoms in total. The average Bonchev–Trinajstić information content (AvgIpc) is 3.24. The first-order valence-corrected chi connectivity index (χ1v) is 12.1. The molecule has 0 spiro atoms. The van der Waals surface area contributed by atoms with Gasteiger partial charge >= 0.3 is 5.97 Å². The van der Waals surface area contributed by atoms with Gasteiger partial charge < -0.3 is 15.5 Å². The van der Waals surface area contributed by atoms with Crippen molar-refractivity contribution in [2.75, 3.05) is 5.32 Å². The maximum Gasteiger partial charge on any atom is 0.306 e. The highest BCUT2D eigenvalue weighted by atomic mass is 32.1. The minimum atomic E-state index is -1.10. The van der Waals surface area contributed by atoms with Crippen LogP contribution >= 0.6 is 11.3 Å². The number of nitrogens with zero attached hydrogens (tertiary/aromatic N) is 3. The summed E-state index contributed by atoms with van der Waals surface area (Å²) in [5, 5.41) is 24.8. The second-order valence-electron chi connectivity index (χ2n) is 9.34. The lowest BCUT2D eigenvalue weighted by atomic mass is 9.69. The Balaban J connectivity index is 1.55. The van der Waals surface area contributed by atoms with Gasteiger partial charge in [0.25, 0.3) is 0 Å². The number of rotatable bonds is 6. The van der Waals surface area contributed by atoms with Crippen LogP contribution in [0.3, 0.4) is 0 Å². The van der Waals surface area contributed by atoms with E-state index < -0.39 is 11.6 Å². The van der Waals surface area contributed by atoms with Crippen LogP contribution < -0.4 is 5.32 Å². The largest absolute Gasteiger partial charge is 0.481 e. The van der Waals surface area contributed by atoms with E-state index in [4.69, 9.17) is 0 Å². The molecule has 1 fully saturated rings. The Bertz CT molecular complexity index is 1160. The molecule has 0 amide bonds. The lowest BCUT2D eigenvalue weighted by Crippen LogP contribution is -2.39. The number of carbonyl (C=O) groups is 1. The third-order valence-corrected chi connectivity index (χ3v) is 7.91. The number of aryl methyl sites for hydroxylation is 2. The van der Waals surface area contributed by atoms with Crippen molar-refractivity contribution < 1.29 is 15.0 Å².